The third-order valence-corrected chi connectivity index (χ3v) is 7.40. The highest BCUT2D eigenvalue weighted by Crippen LogP contribution is 2.56. The molecule has 2 bridgehead atoms. The number of halogens is 2. The molecule has 1 N–H and O–H groups in total. The third-order valence-electron chi connectivity index (χ3n) is 6.66. The van der Waals surface area contributed by atoms with Crippen molar-refractivity contribution < 1.29 is 23.9 Å². The second-order valence-corrected chi connectivity index (χ2v) is 9.72. The van der Waals surface area contributed by atoms with E-state index >= 15 is 0 Å². The number of nitrogens with zero attached hydrogens (tertiary/aromatic N) is 1. The summed E-state index contributed by atoms with van der Waals surface area (Å²) in [7, 11) is 0. The number of anilines is 1. The summed E-state index contributed by atoms with van der Waals surface area (Å²) in [5.41, 5.74) is 0.407. The summed E-state index contributed by atoms with van der Waals surface area (Å²) in [5.74, 6) is -2.34. The van der Waals surface area contributed by atoms with Gasteiger partial charge in [-0.25, -0.2) is 4.79 Å². The van der Waals surface area contributed by atoms with Crippen LogP contribution in [-0.2, 0) is 23.9 Å². The van der Waals surface area contributed by atoms with Gasteiger partial charge in [-0.1, -0.05) is 37.0 Å². The van der Waals surface area contributed by atoms with Crippen molar-refractivity contribution in [3.05, 3.63) is 28.2 Å². The summed E-state index contributed by atoms with van der Waals surface area (Å²) in [5, 5.41) is 3.20. The molecule has 1 saturated heterocycles. The summed E-state index contributed by atoms with van der Waals surface area (Å²) in [6, 6.07) is 3.55. The van der Waals surface area contributed by atoms with Crippen molar-refractivity contribution in [2.45, 2.75) is 39.2 Å². The lowest BCUT2D eigenvalue weighted by molar-refractivity contribution is -0.162. The van der Waals surface area contributed by atoms with Crippen LogP contribution in [0.25, 0.3) is 0 Å². The van der Waals surface area contributed by atoms with Gasteiger partial charge in [0, 0.05) is 5.69 Å². The number of carbonyl (C=O) groups is 4. The van der Waals surface area contributed by atoms with Gasteiger partial charge in [-0.05, 0) is 55.2 Å². The van der Waals surface area contributed by atoms with Crippen molar-refractivity contribution >= 4 is 52.6 Å². The van der Waals surface area contributed by atoms with E-state index in [2.05, 4.69) is 5.32 Å². The van der Waals surface area contributed by atoms with Gasteiger partial charge >= 0.3 is 5.97 Å². The van der Waals surface area contributed by atoms with Gasteiger partial charge in [0.1, 0.15) is 6.04 Å². The van der Waals surface area contributed by atoms with Crippen LogP contribution in [0.1, 0.15) is 33.1 Å². The maximum Gasteiger partial charge on any atom is 0.330 e. The van der Waals surface area contributed by atoms with Crippen molar-refractivity contribution in [3.63, 3.8) is 0 Å². The number of carbonyl (C=O) groups excluding carboxylic acids is 4. The Bertz CT molecular complexity index is 922. The molecule has 31 heavy (non-hydrogen) atoms. The number of rotatable bonds is 6. The molecule has 0 aromatic heterocycles. The van der Waals surface area contributed by atoms with Gasteiger partial charge in [-0.15, -0.1) is 0 Å². The Labute approximate surface area is 190 Å². The minimum absolute atomic E-state index is 0.234. The second kappa shape index (κ2) is 8.43. The van der Waals surface area contributed by atoms with E-state index in [4.69, 9.17) is 27.9 Å². The van der Waals surface area contributed by atoms with E-state index < -0.39 is 24.5 Å². The van der Waals surface area contributed by atoms with Crippen LogP contribution >= 0.6 is 23.2 Å². The van der Waals surface area contributed by atoms with Crippen LogP contribution in [0.15, 0.2) is 18.2 Å². The van der Waals surface area contributed by atoms with E-state index in [-0.39, 0.29) is 46.4 Å². The number of ether oxygens (including phenoxy) is 1. The fourth-order valence-electron chi connectivity index (χ4n) is 5.37. The van der Waals surface area contributed by atoms with Gasteiger partial charge < -0.3 is 10.1 Å². The van der Waals surface area contributed by atoms with E-state index in [1.807, 2.05) is 0 Å². The van der Waals surface area contributed by atoms with E-state index in [1.54, 1.807) is 19.9 Å². The maximum absolute atomic E-state index is 13.1. The predicted molar refractivity (Wildman–Crippen MR) is 114 cm³/mol. The predicted octanol–water partition coefficient (Wildman–Crippen LogP) is 3.53. The van der Waals surface area contributed by atoms with Crippen LogP contribution in [0.4, 0.5) is 5.69 Å². The Hall–Kier alpha value is -2.12. The molecule has 3 aliphatic rings. The zero-order valence-electron chi connectivity index (χ0n) is 17.3. The Morgan fingerprint density at radius 2 is 1.71 bits per heavy atom. The molecule has 5 atom stereocenters. The van der Waals surface area contributed by atoms with E-state index in [0.717, 1.165) is 24.2 Å². The molecule has 0 radical (unpaired) electrons. The SMILES string of the molecule is CC(C)[C@H](C(=O)OCC(=O)Nc1ccc(Cl)c(Cl)c1)N1C(=O)[C@@H]2[C@H]3CC[C@@H](C3)[C@H]2C1=O. The zero-order valence-corrected chi connectivity index (χ0v) is 18.8. The molecule has 1 aliphatic heterocycles. The number of fused-ring (bicyclic) bond motifs is 5. The zero-order chi connectivity index (χ0) is 22.4. The number of hydrogen-bond donors (Lipinski definition) is 1. The Balaban J connectivity index is 1.41. The van der Waals surface area contributed by atoms with Crippen LogP contribution < -0.4 is 5.32 Å². The average molecular weight is 467 g/mol. The fraction of sp³-hybridized carbons (Fsp3) is 0.545. The van der Waals surface area contributed by atoms with E-state index in [0.29, 0.717) is 10.7 Å². The molecule has 2 saturated carbocycles. The third kappa shape index (κ3) is 3.94. The average Bonchev–Trinajstić information content (AvgIpc) is 3.39. The normalized spacial score (nSPS) is 27.6. The Morgan fingerprint density at radius 3 is 2.26 bits per heavy atom. The minimum atomic E-state index is -1.04. The molecular weight excluding hydrogens is 443 g/mol. The van der Waals surface area contributed by atoms with Crippen molar-refractivity contribution in [1.29, 1.82) is 0 Å². The number of likely N-dealkylation sites (tertiary alicyclic amines) is 1. The first-order valence-electron chi connectivity index (χ1n) is 10.5. The van der Waals surface area contributed by atoms with Crippen LogP contribution in [0.5, 0.6) is 0 Å². The highest BCUT2D eigenvalue weighted by atomic mass is 35.5. The number of esters is 1. The van der Waals surface area contributed by atoms with Crippen LogP contribution in [0.3, 0.4) is 0 Å². The molecule has 166 valence electrons. The molecule has 0 spiro atoms. The summed E-state index contributed by atoms with van der Waals surface area (Å²) in [4.78, 5) is 52.3. The molecule has 9 heteroatoms. The van der Waals surface area contributed by atoms with Gasteiger partial charge in [0.25, 0.3) is 5.91 Å². The fourth-order valence-corrected chi connectivity index (χ4v) is 5.67. The van der Waals surface area contributed by atoms with Gasteiger partial charge in [0.15, 0.2) is 6.61 Å². The number of benzene rings is 1. The van der Waals surface area contributed by atoms with Gasteiger partial charge in [-0.3, -0.25) is 19.3 Å². The van der Waals surface area contributed by atoms with E-state index in [1.165, 1.54) is 12.1 Å². The first-order chi connectivity index (χ1) is 14.7. The van der Waals surface area contributed by atoms with Gasteiger partial charge in [0.05, 0.1) is 21.9 Å². The molecule has 2 aliphatic carbocycles. The molecule has 1 aromatic carbocycles. The minimum Gasteiger partial charge on any atom is -0.454 e. The first-order valence-corrected chi connectivity index (χ1v) is 11.2. The van der Waals surface area contributed by atoms with Gasteiger partial charge in [0.2, 0.25) is 11.8 Å². The molecule has 1 heterocycles. The number of hydrogen-bond acceptors (Lipinski definition) is 5. The highest BCUT2D eigenvalue weighted by molar-refractivity contribution is 6.42. The lowest BCUT2D eigenvalue weighted by Gasteiger charge is -2.28. The quantitative estimate of drug-likeness (QED) is 0.511. The standard InChI is InChI=1S/C22H24Cl2N2O5/c1-10(2)19(26-20(28)17-11-3-4-12(7-11)18(17)21(26)29)22(30)31-9-16(27)25-13-5-6-14(23)15(24)8-13/h5-6,8,10-12,17-19H,3-4,7,9H2,1-2H3,(H,25,27)/t11-,12-,17+,18+,19+/m0/s1. The Morgan fingerprint density at radius 1 is 1.10 bits per heavy atom. The maximum atomic E-state index is 13.1. The van der Waals surface area contributed by atoms with E-state index in [9.17, 15) is 19.2 Å². The smallest absolute Gasteiger partial charge is 0.330 e. The summed E-state index contributed by atoms with van der Waals surface area (Å²) < 4.78 is 5.20. The lowest BCUT2D eigenvalue weighted by atomic mass is 9.81. The summed E-state index contributed by atoms with van der Waals surface area (Å²) in [6.07, 6.45) is 2.85. The number of imide groups is 1. The van der Waals surface area contributed by atoms with Crippen molar-refractivity contribution in [2.75, 3.05) is 11.9 Å². The molecule has 0 unspecified atom stereocenters. The monoisotopic (exact) mass is 466 g/mol. The van der Waals surface area contributed by atoms with Crippen molar-refractivity contribution in [1.82, 2.24) is 4.90 Å². The molecule has 7 nitrogen and oxygen atoms in total. The molecule has 1 aromatic rings. The lowest BCUT2D eigenvalue weighted by Crippen LogP contribution is -2.50. The molecule has 3 fully saturated rings. The van der Waals surface area contributed by atoms with Crippen LogP contribution in [-0.4, -0.2) is 41.2 Å². The summed E-state index contributed by atoms with van der Waals surface area (Å²) >= 11 is 11.8. The Kier molecular flexibility index (Phi) is 6.01. The van der Waals surface area contributed by atoms with Crippen molar-refractivity contribution in [3.8, 4) is 0 Å². The molecular formula is C22H24Cl2N2O5. The second-order valence-electron chi connectivity index (χ2n) is 8.90. The highest BCUT2D eigenvalue weighted by Gasteiger charge is 2.62. The number of amides is 3. The van der Waals surface area contributed by atoms with Gasteiger partial charge in [-0.2, -0.15) is 0 Å². The van der Waals surface area contributed by atoms with Crippen LogP contribution in [0.2, 0.25) is 10.0 Å². The van der Waals surface area contributed by atoms with Crippen LogP contribution in [0, 0.1) is 29.6 Å². The number of nitrogens with one attached hydrogen (secondary N) is 1. The molecule has 4 rings (SSSR count). The largest absolute Gasteiger partial charge is 0.454 e. The first kappa shape index (κ1) is 22.1. The molecule has 3 amide bonds. The topological polar surface area (TPSA) is 92.8 Å². The summed E-state index contributed by atoms with van der Waals surface area (Å²) in [6.45, 7) is 2.96. The van der Waals surface area contributed by atoms with Crippen molar-refractivity contribution in [2.24, 2.45) is 29.6 Å².